The first-order valence-corrected chi connectivity index (χ1v) is 5.96. The van der Waals surface area contributed by atoms with E-state index in [0.29, 0.717) is 6.54 Å². The Morgan fingerprint density at radius 2 is 2.26 bits per heavy atom. The molecule has 1 amide bonds. The summed E-state index contributed by atoms with van der Waals surface area (Å²) >= 11 is 0. The third kappa shape index (κ3) is 1.88. The van der Waals surface area contributed by atoms with Crippen molar-refractivity contribution < 1.29 is 9.90 Å². The number of carbonyl (C=O) groups is 1. The summed E-state index contributed by atoms with van der Waals surface area (Å²) in [4.78, 5) is 15.2. The smallest absolute Gasteiger partial charge is 0.299 e. The topological polar surface area (TPSA) is 84.1 Å². The van der Waals surface area contributed by atoms with Crippen LogP contribution in [0.15, 0.2) is 24.3 Å². The molecule has 0 bridgehead atoms. The minimum absolute atomic E-state index is 0.00862. The molecular weight excluding hydrogens is 246 g/mol. The first-order valence-electron chi connectivity index (χ1n) is 5.96. The zero-order chi connectivity index (χ0) is 13.4. The number of amides is 1. The van der Waals surface area contributed by atoms with Crippen LogP contribution in [-0.4, -0.2) is 44.4 Å². The summed E-state index contributed by atoms with van der Waals surface area (Å²) in [6, 6.07) is 7.55. The molecule has 0 saturated heterocycles. The molecule has 1 atom stereocenters. The highest BCUT2D eigenvalue weighted by Crippen LogP contribution is 2.36. The van der Waals surface area contributed by atoms with E-state index in [0.717, 1.165) is 11.3 Å². The summed E-state index contributed by atoms with van der Waals surface area (Å²) in [7, 11) is 1.61. The van der Waals surface area contributed by atoms with Crippen molar-refractivity contribution >= 4 is 11.6 Å². The average molecular weight is 259 g/mol. The van der Waals surface area contributed by atoms with Crippen LogP contribution >= 0.6 is 0 Å². The van der Waals surface area contributed by atoms with Gasteiger partial charge in [-0.15, -0.1) is 10.2 Å². The molecule has 0 fully saturated rings. The van der Waals surface area contributed by atoms with Gasteiger partial charge in [-0.2, -0.15) is 4.80 Å². The van der Waals surface area contributed by atoms with Crippen LogP contribution in [0.4, 0.5) is 5.69 Å². The van der Waals surface area contributed by atoms with Crippen molar-refractivity contribution in [3.63, 3.8) is 0 Å². The normalized spacial score (nSPS) is 17.6. The van der Waals surface area contributed by atoms with Gasteiger partial charge in [-0.05, 0) is 16.8 Å². The zero-order valence-corrected chi connectivity index (χ0v) is 10.4. The van der Waals surface area contributed by atoms with E-state index in [9.17, 15) is 9.90 Å². The number of benzene rings is 1. The highest BCUT2D eigenvalue weighted by molar-refractivity contribution is 6.05. The van der Waals surface area contributed by atoms with E-state index in [-0.39, 0.29) is 24.3 Å². The van der Waals surface area contributed by atoms with E-state index < -0.39 is 0 Å². The number of hydrogen-bond donors (Lipinski definition) is 1. The van der Waals surface area contributed by atoms with Crippen LogP contribution in [0.25, 0.3) is 0 Å². The molecule has 0 saturated carbocycles. The lowest BCUT2D eigenvalue weighted by Crippen LogP contribution is -2.31. The molecule has 1 N–H and O–H groups in total. The number of tetrazole rings is 1. The number of aliphatic hydroxyl groups is 1. The van der Waals surface area contributed by atoms with Gasteiger partial charge < -0.3 is 10.0 Å². The van der Waals surface area contributed by atoms with Crippen molar-refractivity contribution in [1.29, 1.82) is 0 Å². The largest absolute Gasteiger partial charge is 0.396 e. The minimum Gasteiger partial charge on any atom is -0.396 e. The van der Waals surface area contributed by atoms with Gasteiger partial charge in [-0.1, -0.05) is 18.2 Å². The Bertz CT molecular complexity index is 624. The molecule has 1 unspecified atom stereocenters. The lowest BCUT2D eigenvalue weighted by Gasteiger charge is -2.15. The third-order valence-electron chi connectivity index (χ3n) is 3.24. The lowest BCUT2D eigenvalue weighted by molar-refractivity contribution is 0.0976. The first-order chi connectivity index (χ1) is 9.20. The quantitative estimate of drug-likeness (QED) is 0.817. The summed E-state index contributed by atoms with van der Waals surface area (Å²) in [6.07, 6.45) is 0. The molecule has 2 aromatic rings. The summed E-state index contributed by atoms with van der Waals surface area (Å²) in [5, 5.41) is 20.7. The van der Waals surface area contributed by atoms with E-state index >= 15 is 0 Å². The van der Waals surface area contributed by atoms with Gasteiger partial charge >= 0.3 is 0 Å². The highest BCUT2D eigenvalue weighted by atomic mass is 16.3. The first kappa shape index (κ1) is 11.8. The average Bonchev–Trinajstić information content (AvgIpc) is 3.02. The van der Waals surface area contributed by atoms with E-state index in [1.165, 1.54) is 4.80 Å². The number of nitrogens with zero attached hydrogens (tertiary/aromatic N) is 5. The summed E-state index contributed by atoms with van der Waals surface area (Å²) < 4.78 is 0. The second kappa shape index (κ2) is 4.43. The van der Waals surface area contributed by atoms with Crippen LogP contribution in [0.1, 0.15) is 22.1 Å². The lowest BCUT2D eigenvalue weighted by atomic mass is 10.0. The predicted octanol–water partition coefficient (Wildman–Crippen LogP) is -0.0536. The molecule has 98 valence electrons. The Morgan fingerprint density at radius 1 is 1.47 bits per heavy atom. The second-order valence-corrected chi connectivity index (χ2v) is 4.46. The molecule has 1 aromatic carbocycles. The van der Waals surface area contributed by atoms with E-state index in [4.69, 9.17) is 0 Å². The molecular formula is C12H13N5O2. The van der Waals surface area contributed by atoms with Crippen molar-refractivity contribution in [2.45, 2.75) is 5.92 Å². The van der Waals surface area contributed by atoms with Gasteiger partial charge in [0.1, 0.15) is 0 Å². The zero-order valence-electron chi connectivity index (χ0n) is 10.4. The molecule has 0 spiro atoms. The van der Waals surface area contributed by atoms with Gasteiger partial charge in [-0.3, -0.25) is 4.79 Å². The van der Waals surface area contributed by atoms with Crippen LogP contribution in [0.5, 0.6) is 0 Å². The third-order valence-corrected chi connectivity index (χ3v) is 3.24. The molecule has 7 nitrogen and oxygen atoms in total. The Morgan fingerprint density at radius 3 is 2.95 bits per heavy atom. The summed E-state index contributed by atoms with van der Waals surface area (Å²) in [5.74, 6) is -0.288. The Labute approximate surface area is 109 Å². The summed E-state index contributed by atoms with van der Waals surface area (Å²) in [6.45, 7) is 0.446. The Hall–Kier alpha value is -2.28. The van der Waals surface area contributed by atoms with Crippen LogP contribution < -0.4 is 4.90 Å². The number of aryl methyl sites for hydroxylation is 1. The minimum atomic E-state index is -0.295. The number of para-hydroxylation sites is 1. The van der Waals surface area contributed by atoms with Crippen LogP contribution in [0.3, 0.4) is 0 Å². The van der Waals surface area contributed by atoms with Crippen molar-refractivity contribution in [2.24, 2.45) is 7.05 Å². The molecule has 19 heavy (non-hydrogen) atoms. The van der Waals surface area contributed by atoms with Crippen molar-refractivity contribution in [3.8, 4) is 0 Å². The standard InChI is InChI=1S/C12H13N5O2/c1-16-14-11(13-15-16)12(19)17-6-8(7-18)9-4-2-3-5-10(9)17/h2-5,8,18H,6-7H2,1H3. The second-order valence-electron chi connectivity index (χ2n) is 4.46. The molecule has 1 aliphatic heterocycles. The van der Waals surface area contributed by atoms with E-state index in [2.05, 4.69) is 15.4 Å². The van der Waals surface area contributed by atoms with Crippen molar-refractivity contribution in [1.82, 2.24) is 20.2 Å². The molecule has 7 heteroatoms. The van der Waals surface area contributed by atoms with Crippen molar-refractivity contribution in [2.75, 3.05) is 18.1 Å². The van der Waals surface area contributed by atoms with Crippen LogP contribution in [-0.2, 0) is 7.05 Å². The maximum atomic E-state index is 12.4. The maximum Gasteiger partial charge on any atom is 0.299 e. The molecule has 1 aromatic heterocycles. The molecule has 0 radical (unpaired) electrons. The van der Waals surface area contributed by atoms with Gasteiger partial charge in [0, 0.05) is 18.2 Å². The maximum absolute atomic E-state index is 12.4. The number of fused-ring (bicyclic) bond motifs is 1. The van der Waals surface area contributed by atoms with Gasteiger partial charge in [0.15, 0.2) is 0 Å². The van der Waals surface area contributed by atoms with E-state index in [1.807, 2.05) is 24.3 Å². The number of carbonyl (C=O) groups excluding carboxylic acids is 1. The fraction of sp³-hybridized carbons (Fsp3) is 0.333. The SMILES string of the molecule is Cn1nnc(C(=O)N2CC(CO)c3ccccc32)n1. The number of hydrogen-bond acceptors (Lipinski definition) is 5. The molecule has 1 aliphatic rings. The monoisotopic (exact) mass is 259 g/mol. The fourth-order valence-electron chi connectivity index (χ4n) is 2.33. The summed E-state index contributed by atoms with van der Waals surface area (Å²) in [5.41, 5.74) is 1.78. The fourth-order valence-corrected chi connectivity index (χ4v) is 2.33. The highest BCUT2D eigenvalue weighted by Gasteiger charge is 2.33. The van der Waals surface area contributed by atoms with Crippen LogP contribution in [0, 0.1) is 0 Å². The van der Waals surface area contributed by atoms with Gasteiger partial charge in [0.25, 0.3) is 11.7 Å². The number of aromatic nitrogens is 4. The predicted molar refractivity (Wildman–Crippen MR) is 66.7 cm³/mol. The van der Waals surface area contributed by atoms with Gasteiger partial charge in [-0.25, -0.2) is 0 Å². The van der Waals surface area contributed by atoms with Crippen LogP contribution in [0.2, 0.25) is 0 Å². The van der Waals surface area contributed by atoms with Gasteiger partial charge in [0.2, 0.25) is 0 Å². The van der Waals surface area contributed by atoms with E-state index in [1.54, 1.807) is 11.9 Å². The molecule has 3 rings (SSSR count). The van der Waals surface area contributed by atoms with Crippen molar-refractivity contribution in [3.05, 3.63) is 35.7 Å². The Balaban J connectivity index is 1.97. The number of aliphatic hydroxyl groups excluding tert-OH is 1. The van der Waals surface area contributed by atoms with Gasteiger partial charge in [0.05, 0.1) is 13.7 Å². The Kier molecular flexibility index (Phi) is 2.75. The number of anilines is 1. The molecule has 0 aliphatic carbocycles. The molecule has 2 heterocycles. The number of rotatable bonds is 2.